The lowest BCUT2D eigenvalue weighted by molar-refractivity contribution is 0.168. The normalized spacial score (nSPS) is 25.6. The van der Waals surface area contributed by atoms with Crippen molar-refractivity contribution in [1.29, 1.82) is 0 Å². The molecule has 2 atom stereocenters. The Labute approximate surface area is 110 Å². The van der Waals surface area contributed by atoms with Gasteiger partial charge in [-0.25, -0.2) is 0 Å². The Hall–Kier alpha value is -0.870. The van der Waals surface area contributed by atoms with Gasteiger partial charge < -0.3 is 10.2 Å². The van der Waals surface area contributed by atoms with Crippen LogP contribution in [0.3, 0.4) is 0 Å². The van der Waals surface area contributed by atoms with E-state index in [9.17, 15) is 0 Å². The molecule has 1 aromatic rings. The predicted octanol–water partition coefficient (Wildman–Crippen LogP) is 1.55. The number of nitrogens with one attached hydrogen (secondary N) is 1. The van der Waals surface area contributed by atoms with Crippen LogP contribution in [0.5, 0.6) is 0 Å². The van der Waals surface area contributed by atoms with Gasteiger partial charge in [-0.1, -0.05) is 6.92 Å². The van der Waals surface area contributed by atoms with Crippen LogP contribution in [-0.2, 0) is 20.0 Å². The van der Waals surface area contributed by atoms with Crippen LogP contribution in [0.15, 0.2) is 6.20 Å². The zero-order valence-corrected chi connectivity index (χ0v) is 12.1. The first-order valence-corrected chi connectivity index (χ1v) is 7.05. The van der Waals surface area contributed by atoms with Crippen molar-refractivity contribution < 1.29 is 0 Å². The first kappa shape index (κ1) is 13.6. The van der Waals surface area contributed by atoms with Crippen LogP contribution in [0.25, 0.3) is 0 Å². The Morgan fingerprint density at radius 1 is 1.44 bits per heavy atom. The molecule has 4 heteroatoms. The van der Waals surface area contributed by atoms with Gasteiger partial charge in [0.15, 0.2) is 0 Å². The number of piperidine rings is 1. The maximum absolute atomic E-state index is 4.49. The number of aromatic nitrogens is 2. The molecule has 0 bridgehead atoms. The molecule has 1 saturated heterocycles. The maximum atomic E-state index is 4.49. The maximum Gasteiger partial charge on any atom is 0.0666 e. The minimum Gasteiger partial charge on any atom is -0.310 e. The molecule has 0 aromatic carbocycles. The van der Waals surface area contributed by atoms with Crippen molar-refractivity contribution in [3.05, 3.63) is 17.5 Å². The fourth-order valence-electron chi connectivity index (χ4n) is 2.76. The lowest BCUT2D eigenvalue weighted by Crippen LogP contribution is -2.45. The predicted molar refractivity (Wildman–Crippen MR) is 74.5 cm³/mol. The van der Waals surface area contributed by atoms with Crippen molar-refractivity contribution in [3.63, 3.8) is 0 Å². The van der Waals surface area contributed by atoms with Gasteiger partial charge >= 0.3 is 0 Å². The van der Waals surface area contributed by atoms with E-state index in [0.29, 0.717) is 12.1 Å². The molecule has 0 saturated carbocycles. The average Bonchev–Trinajstić information content (AvgIpc) is 2.71. The molecule has 1 aliphatic heterocycles. The molecule has 102 valence electrons. The van der Waals surface area contributed by atoms with Gasteiger partial charge in [-0.2, -0.15) is 5.10 Å². The Balaban J connectivity index is 1.87. The minimum absolute atomic E-state index is 0.654. The number of hydrogen-bond donors (Lipinski definition) is 1. The van der Waals surface area contributed by atoms with Crippen molar-refractivity contribution in [2.45, 2.75) is 51.7 Å². The summed E-state index contributed by atoms with van der Waals surface area (Å²) in [5.41, 5.74) is 2.58. The third-order valence-electron chi connectivity index (χ3n) is 4.12. The third-order valence-corrected chi connectivity index (χ3v) is 4.12. The zero-order chi connectivity index (χ0) is 13.1. The number of nitrogens with zero attached hydrogens (tertiary/aromatic N) is 3. The Bertz CT molecular complexity index is 385. The molecular weight excluding hydrogens is 224 g/mol. The average molecular weight is 250 g/mol. The first-order valence-electron chi connectivity index (χ1n) is 7.05. The fraction of sp³-hybridized carbons (Fsp3) is 0.786. The van der Waals surface area contributed by atoms with Crippen molar-refractivity contribution in [3.8, 4) is 0 Å². The molecule has 0 aliphatic carbocycles. The quantitative estimate of drug-likeness (QED) is 0.880. The summed E-state index contributed by atoms with van der Waals surface area (Å²) in [5, 5.41) is 8.19. The van der Waals surface area contributed by atoms with Crippen molar-refractivity contribution in [1.82, 2.24) is 20.0 Å². The van der Waals surface area contributed by atoms with Crippen LogP contribution in [-0.4, -0.2) is 40.4 Å². The third kappa shape index (κ3) is 3.12. The van der Waals surface area contributed by atoms with Crippen LogP contribution in [0.2, 0.25) is 0 Å². The summed E-state index contributed by atoms with van der Waals surface area (Å²) < 4.78 is 1.92. The van der Waals surface area contributed by atoms with Crippen LogP contribution < -0.4 is 5.32 Å². The molecule has 18 heavy (non-hydrogen) atoms. The van der Waals surface area contributed by atoms with E-state index in [4.69, 9.17) is 0 Å². The first-order chi connectivity index (χ1) is 8.60. The second-order valence-electron chi connectivity index (χ2n) is 5.56. The molecule has 1 fully saturated rings. The van der Waals surface area contributed by atoms with Crippen molar-refractivity contribution >= 4 is 0 Å². The second-order valence-corrected chi connectivity index (χ2v) is 5.56. The van der Waals surface area contributed by atoms with Gasteiger partial charge in [-0.05, 0) is 39.8 Å². The van der Waals surface area contributed by atoms with E-state index in [1.807, 2.05) is 11.7 Å². The number of aryl methyl sites for hydroxylation is 2. The molecule has 4 nitrogen and oxygen atoms in total. The van der Waals surface area contributed by atoms with Gasteiger partial charge in [0.2, 0.25) is 0 Å². The number of hydrogen-bond acceptors (Lipinski definition) is 3. The van der Waals surface area contributed by atoms with Crippen molar-refractivity contribution in [2.75, 3.05) is 13.6 Å². The molecule has 1 aliphatic rings. The van der Waals surface area contributed by atoms with Gasteiger partial charge in [-0.3, -0.25) is 4.68 Å². The van der Waals surface area contributed by atoms with Gasteiger partial charge in [0, 0.05) is 37.4 Å². The fourth-order valence-corrected chi connectivity index (χ4v) is 2.76. The smallest absolute Gasteiger partial charge is 0.0666 e. The summed E-state index contributed by atoms with van der Waals surface area (Å²) >= 11 is 0. The topological polar surface area (TPSA) is 33.1 Å². The highest BCUT2D eigenvalue weighted by Gasteiger charge is 2.22. The number of likely N-dealkylation sites (tertiary alicyclic amines) is 1. The van der Waals surface area contributed by atoms with Crippen LogP contribution in [0.4, 0.5) is 0 Å². The molecular formula is C14H26N4. The van der Waals surface area contributed by atoms with Gasteiger partial charge in [0.25, 0.3) is 0 Å². The summed E-state index contributed by atoms with van der Waals surface area (Å²) in [6, 6.07) is 1.34. The van der Waals surface area contributed by atoms with E-state index < -0.39 is 0 Å². The molecule has 2 heterocycles. The van der Waals surface area contributed by atoms with Crippen LogP contribution >= 0.6 is 0 Å². The highest BCUT2D eigenvalue weighted by atomic mass is 15.3. The summed E-state index contributed by atoms with van der Waals surface area (Å²) in [5.74, 6) is 0. The minimum atomic E-state index is 0.654. The summed E-state index contributed by atoms with van der Waals surface area (Å²) in [6.45, 7) is 6.64. The van der Waals surface area contributed by atoms with E-state index in [1.165, 1.54) is 30.6 Å². The molecule has 0 amide bonds. The standard InChI is InChI=1S/C14H26N4/c1-5-14-12(10-18(4)16-14)9-15-13-6-7-17(3)11(2)8-13/h10-11,13,15H,5-9H2,1-4H3. The highest BCUT2D eigenvalue weighted by Crippen LogP contribution is 2.16. The van der Waals surface area contributed by atoms with E-state index in [0.717, 1.165) is 13.0 Å². The van der Waals surface area contributed by atoms with Gasteiger partial charge in [0.05, 0.1) is 5.69 Å². The van der Waals surface area contributed by atoms with Crippen LogP contribution in [0.1, 0.15) is 37.9 Å². The van der Waals surface area contributed by atoms with Gasteiger partial charge in [-0.15, -0.1) is 0 Å². The Morgan fingerprint density at radius 3 is 2.89 bits per heavy atom. The largest absolute Gasteiger partial charge is 0.310 e. The monoisotopic (exact) mass is 250 g/mol. The molecule has 1 aromatic heterocycles. The molecule has 2 rings (SSSR count). The SMILES string of the molecule is CCc1nn(C)cc1CNC1CCN(C)C(C)C1. The zero-order valence-electron chi connectivity index (χ0n) is 12.1. The lowest BCUT2D eigenvalue weighted by Gasteiger charge is -2.35. The summed E-state index contributed by atoms with van der Waals surface area (Å²) in [4.78, 5) is 2.44. The summed E-state index contributed by atoms with van der Waals surface area (Å²) in [6.07, 6.45) is 5.66. The number of rotatable bonds is 4. The van der Waals surface area contributed by atoms with Crippen molar-refractivity contribution in [2.24, 2.45) is 7.05 Å². The lowest BCUT2D eigenvalue weighted by atomic mass is 9.99. The second kappa shape index (κ2) is 5.85. The van der Waals surface area contributed by atoms with E-state index >= 15 is 0 Å². The summed E-state index contributed by atoms with van der Waals surface area (Å²) in [7, 11) is 4.22. The van der Waals surface area contributed by atoms with E-state index in [2.05, 4.69) is 42.4 Å². The van der Waals surface area contributed by atoms with E-state index in [-0.39, 0.29) is 0 Å². The molecule has 0 spiro atoms. The van der Waals surface area contributed by atoms with Crippen LogP contribution in [0, 0.1) is 0 Å². The highest BCUT2D eigenvalue weighted by molar-refractivity contribution is 5.16. The molecule has 1 N–H and O–H groups in total. The Kier molecular flexibility index (Phi) is 4.40. The van der Waals surface area contributed by atoms with Gasteiger partial charge in [0.1, 0.15) is 0 Å². The molecule has 0 radical (unpaired) electrons. The van der Waals surface area contributed by atoms with E-state index in [1.54, 1.807) is 0 Å². The molecule has 2 unspecified atom stereocenters. The Morgan fingerprint density at radius 2 is 2.22 bits per heavy atom.